The number of carbonyl (C=O) groups excluding carboxylic acids is 2. The van der Waals surface area contributed by atoms with Crippen molar-refractivity contribution in [2.75, 3.05) is 18.4 Å². The van der Waals surface area contributed by atoms with E-state index in [-0.39, 0.29) is 17.5 Å². The quantitative estimate of drug-likeness (QED) is 0.732. The molecule has 7 nitrogen and oxygen atoms in total. The summed E-state index contributed by atoms with van der Waals surface area (Å²) in [4.78, 5) is 24.6. The zero-order chi connectivity index (χ0) is 21.0. The van der Waals surface area contributed by atoms with Crippen molar-refractivity contribution in [3.05, 3.63) is 59.7 Å². The minimum atomic E-state index is -3.65. The summed E-state index contributed by atoms with van der Waals surface area (Å²) in [7, 11) is -3.65. The molecule has 1 aliphatic heterocycles. The zero-order valence-corrected chi connectivity index (χ0v) is 17.3. The van der Waals surface area contributed by atoms with Crippen LogP contribution in [0.1, 0.15) is 24.0 Å². The molecular formula is C21H25N3O4S. The van der Waals surface area contributed by atoms with Gasteiger partial charge < -0.3 is 10.6 Å². The number of hydrogen-bond donors (Lipinski definition) is 2. The van der Waals surface area contributed by atoms with Crippen molar-refractivity contribution in [3.63, 3.8) is 0 Å². The molecule has 0 radical (unpaired) electrons. The Morgan fingerprint density at radius 3 is 2.41 bits per heavy atom. The molecule has 2 aromatic carbocycles. The van der Waals surface area contributed by atoms with Crippen molar-refractivity contribution in [2.45, 2.75) is 37.6 Å². The van der Waals surface area contributed by atoms with E-state index in [4.69, 9.17) is 0 Å². The van der Waals surface area contributed by atoms with Gasteiger partial charge in [-0.2, -0.15) is 4.31 Å². The Labute approximate surface area is 171 Å². The summed E-state index contributed by atoms with van der Waals surface area (Å²) >= 11 is 0. The van der Waals surface area contributed by atoms with Gasteiger partial charge in [-0.05, 0) is 50.5 Å². The molecule has 2 aromatic rings. The average Bonchev–Trinajstić information content (AvgIpc) is 3.17. The van der Waals surface area contributed by atoms with Gasteiger partial charge in [0.25, 0.3) is 0 Å². The molecule has 1 unspecified atom stereocenters. The maximum absolute atomic E-state index is 12.9. The first-order chi connectivity index (χ1) is 13.8. The Bertz CT molecular complexity index is 1000. The fourth-order valence-electron chi connectivity index (χ4n) is 3.36. The van der Waals surface area contributed by atoms with E-state index in [1.165, 1.54) is 4.31 Å². The Kier molecular flexibility index (Phi) is 6.34. The molecule has 8 heteroatoms. The van der Waals surface area contributed by atoms with E-state index in [2.05, 4.69) is 10.6 Å². The van der Waals surface area contributed by atoms with Crippen LogP contribution in [0.15, 0.2) is 53.4 Å². The second kappa shape index (κ2) is 8.75. The fraction of sp³-hybridized carbons (Fsp3) is 0.333. The van der Waals surface area contributed by atoms with E-state index in [1.54, 1.807) is 36.4 Å². The van der Waals surface area contributed by atoms with Crippen molar-refractivity contribution in [3.8, 4) is 0 Å². The van der Waals surface area contributed by atoms with Crippen LogP contribution in [-0.4, -0.2) is 43.7 Å². The number of rotatable bonds is 5. The predicted octanol–water partition coefficient (Wildman–Crippen LogP) is 2.21. The summed E-state index contributed by atoms with van der Waals surface area (Å²) in [5.74, 6) is -1.56. The maximum atomic E-state index is 12.9. The second-order valence-corrected chi connectivity index (χ2v) is 9.09. The maximum Gasteiger partial charge on any atom is 0.313 e. The Balaban J connectivity index is 1.62. The van der Waals surface area contributed by atoms with Crippen LogP contribution in [0, 0.1) is 13.8 Å². The van der Waals surface area contributed by atoms with Crippen molar-refractivity contribution in [2.24, 2.45) is 0 Å². The lowest BCUT2D eigenvalue weighted by Crippen LogP contribution is -2.45. The Morgan fingerprint density at radius 1 is 1.03 bits per heavy atom. The summed E-state index contributed by atoms with van der Waals surface area (Å²) in [5, 5.41) is 5.14. The summed E-state index contributed by atoms with van der Waals surface area (Å²) in [6.45, 7) is 4.21. The Morgan fingerprint density at radius 2 is 1.72 bits per heavy atom. The van der Waals surface area contributed by atoms with E-state index in [0.717, 1.165) is 11.1 Å². The standard InChI is InChI=1S/C21H25N3O4S/c1-15-9-11-18(12-10-15)29(27,28)24-13-5-7-17(24)14-22-20(25)21(26)23-19-8-4-3-6-16(19)2/h3-4,6,8-12,17H,5,7,13-14H2,1-2H3,(H,22,25)(H,23,26). The minimum absolute atomic E-state index is 0.0884. The molecule has 1 fully saturated rings. The molecule has 2 N–H and O–H groups in total. The highest BCUT2D eigenvalue weighted by molar-refractivity contribution is 7.89. The van der Waals surface area contributed by atoms with Crippen LogP contribution in [0.25, 0.3) is 0 Å². The number of carbonyl (C=O) groups is 2. The molecular weight excluding hydrogens is 390 g/mol. The SMILES string of the molecule is Cc1ccc(S(=O)(=O)N2CCCC2CNC(=O)C(=O)Nc2ccccc2C)cc1. The van der Waals surface area contributed by atoms with Crippen LogP contribution >= 0.6 is 0 Å². The average molecular weight is 416 g/mol. The number of nitrogens with zero attached hydrogens (tertiary/aromatic N) is 1. The van der Waals surface area contributed by atoms with Gasteiger partial charge in [0, 0.05) is 24.8 Å². The van der Waals surface area contributed by atoms with Crippen molar-refractivity contribution in [1.29, 1.82) is 0 Å². The molecule has 0 saturated carbocycles. The molecule has 0 bridgehead atoms. The van der Waals surface area contributed by atoms with Gasteiger partial charge in [-0.15, -0.1) is 0 Å². The number of nitrogens with one attached hydrogen (secondary N) is 2. The van der Waals surface area contributed by atoms with E-state index in [0.29, 0.717) is 25.1 Å². The smallest absolute Gasteiger partial charge is 0.313 e. The van der Waals surface area contributed by atoms with E-state index < -0.39 is 21.8 Å². The normalized spacial score (nSPS) is 17.1. The number of anilines is 1. The highest BCUT2D eigenvalue weighted by Crippen LogP contribution is 2.26. The summed E-state index contributed by atoms with van der Waals surface area (Å²) in [6.07, 6.45) is 1.34. The number of aryl methyl sites for hydroxylation is 2. The highest BCUT2D eigenvalue weighted by Gasteiger charge is 2.35. The lowest BCUT2D eigenvalue weighted by molar-refractivity contribution is -0.136. The molecule has 1 aliphatic rings. The van der Waals surface area contributed by atoms with Gasteiger partial charge in [0.1, 0.15) is 0 Å². The number of amides is 2. The third kappa shape index (κ3) is 4.83. The first kappa shape index (κ1) is 21.0. The van der Waals surface area contributed by atoms with Crippen LogP contribution < -0.4 is 10.6 Å². The summed E-state index contributed by atoms with van der Waals surface area (Å²) in [5.41, 5.74) is 2.39. The summed E-state index contributed by atoms with van der Waals surface area (Å²) in [6, 6.07) is 13.5. The molecule has 1 heterocycles. The minimum Gasteiger partial charge on any atom is -0.346 e. The molecule has 3 rings (SSSR count). The third-order valence-corrected chi connectivity index (χ3v) is 7.01. The van der Waals surface area contributed by atoms with Crippen molar-refractivity contribution < 1.29 is 18.0 Å². The lowest BCUT2D eigenvalue weighted by Gasteiger charge is -2.24. The van der Waals surface area contributed by atoms with Crippen LogP contribution in [0.5, 0.6) is 0 Å². The van der Waals surface area contributed by atoms with Gasteiger partial charge in [0.15, 0.2) is 0 Å². The molecule has 1 saturated heterocycles. The van der Waals surface area contributed by atoms with Gasteiger partial charge in [-0.3, -0.25) is 9.59 Å². The molecule has 0 aliphatic carbocycles. The number of benzene rings is 2. The molecule has 2 amide bonds. The zero-order valence-electron chi connectivity index (χ0n) is 16.5. The van der Waals surface area contributed by atoms with Gasteiger partial charge in [-0.25, -0.2) is 8.42 Å². The number of hydrogen-bond acceptors (Lipinski definition) is 4. The first-order valence-corrected chi connectivity index (χ1v) is 11.0. The molecule has 0 aromatic heterocycles. The van der Waals surface area contributed by atoms with Gasteiger partial charge in [0.05, 0.1) is 4.90 Å². The van der Waals surface area contributed by atoms with Crippen molar-refractivity contribution >= 4 is 27.5 Å². The molecule has 29 heavy (non-hydrogen) atoms. The number of para-hydroxylation sites is 1. The largest absolute Gasteiger partial charge is 0.346 e. The molecule has 154 valence electrons. The monoisotopic (exact) mass is 415 g/mol. The fourth-order valence-corrected chi connectivity index (χ4v) is 5.05. The summed E-state index contributed by atoms with van der Waals surface area (Å²) < 4.78 is 27.3. The van der Waals surface area contributed by atoms with Crippen LogP contribution in [0.4, 0.5) is 5.69 Å². The first-order valence-electron chi connectivity index (χ1n) is 9.52. The topological polar surface area (TPSA) is 95.6 Å². The van der Waals surface area contributed by atoms with Gasteiger partial charge in [-0.1, -0.05) is 35.9 Å². The Hall–Kier alpha value is -2.71. The van der Waals surface area contributed by atoms with E-state index in [1.807, 2.05) is 26.0 Å². The molecule has 0 spiro atoms. The van der Waals surface area contributed by atoms with Gasteiger partial charge >= 0.3 is 11.8 Å². The van der Waals surface area contributed by atoms with Crippen LogP contribution in [-0.2, 0) is 19.6 Å². The van der Waals surface area contributed by atoms with Crippen molar-refractivity contribution in [1.82, 2.24) is 9.62 Å². The van der Waals surface area contributed by atoms with Gasteiger partial charge in [0.2, 0.25) is 10.0 Å². The number of sulfonamides is 1. The highest BCUT2D eigenvalue weighted by atomic mass is 32.2. The second-order valence-electron chi connectivity index (χ2n) is 7.20. The van der Waals surface area contributed by atoms with E-state index >= 15 is 0 Å². The predicted molar refractivity (Wildman–Crippen MR) is 111 cm³/mol. The van der Waals surface area contributed by atoms with Crippen LogP contribution in [0.2, 0.25) is 0 Å². The third-order valence-electron chi connectivity index (χ3n) is 5.05. The van der Waals surface area contributed by atoms with Crippen LogP contribution in [0.3, 0.4) is 0 Å². The lowest BCUT2D eigenvalue weighted by atomic mass is 10.2. The van der Waals surface area contributed by atoms with E-state index in [9.17, 15) is 18.0 Å². The molecule has 1 atom stereocenters.